The van der Waals surface area contributed by atoms with Gasteiger partial charge in [-0.2, -0.15) is 8.42 Å². The molecule has 6 nitrogen and oxygen atoms in total. The molecule has 0 amide bonds. The van der Waals surface area contributed by atoms with E-state index >= 15 is 0 Å². The number of imidazole rings is 1. The molecular formula is C9H8Cl2N4O2S. The lowest BCUT2D eigenvalue weighted by Crippen LogP contribution is -2.14. The topological polar surface area (TPSA) is 76.9 Å². The largest absolute Gasteiger partial charge is 0.324 e. The summed E-state index contributed by atoms with van der Waals surface area (Å²) in [6.07, 6.45) is 2.70. The monoisotopic (exact) mass is 306 g/mol. The van der Waals surface area contributed by atoms with Crippen LogP contribution in [0.3, 0.4) is 0 Å². The Morgan fingerprint density at radius 1 is 1.33 bits per heavy atom. The molecule has 0 fully saturated rings. The molecule has 0 spiro atoms. The van der Waals surface area contributed by atoms with Gasteiger partial charge >= 0.3 is 0 Å². The minimum atomic E-state index is -3.84. The molecule has 2 rings (SSSR count). The van der Waals surface area contributed by atoms with E-state index in [2.05, 4.69) is 14.7 Å². The number of nitrogens with zero attached hydrogens (tertiary/aromatic N) is 3. The van der Waals surface area contributed by atoms with Gasteiger partial charge in [0, 0.05) is 13.2 Å². The van der Waals surface area contributed by atoms with Gasteiger partial charge in [0.1, 0.15) is 10.3 Å². The number of pyridine rings is 1. The summed E-state index contributed by atoms with van der Waals surface area (Å²) in [6, 6.07) is 2.86. The van der Waals surface area contributed by atoms with E-state index in [-0.39, 0.29) is 21.0 Å². The van der Waals surface area contributed by atoms with Gasteiger partial charge < -0.3 is 4.57 Å². The first-order valence-electron chi connectivity index (χ1n) is 4.71. The number of aryl methyl sites for hydroxylation is 1. The van der Waals surface area contributed by atoms with Crippen LogP contribution in [0.15, 0.2) is 29.7 Å². The number of sulfonamides is 1. The van der Waals surface area contributed by atoms with Crippen LogP contribution in [0.2, 0.25) is 10.3 Å². The summed E-state index contributed by atoms with van der Waals surface area (Å²) in [5.74, 6) is 0. The van der Waals surface area contributed by atoms with Crippen LogP contribution in [0.4, 0.5) is 5.69 Å². The molecule has 1 N–H and O–H groups in total. The molecule has 0 aliphatic rings. The lowest BCUT2D eigenvalue weighted by atomic mass is 10.4. The number of hydrogen-bond donors (Lipinski definition) is 1. The standard InChI is InChI=1S/C9H8Cl2N4O2S/c1-15-5-13-9(8(15)11)18(16,17)14-6-2-3-12-7(10)4-6/h2-5H,1H3,(H,12,14). The molecule has 9 heteroatoms. The van der Waals surface area contributed by atoms with Crippen LogP contribution in [-0.4, -0.2) is 23.0 Å². The third-order valence-electron chi connectivity index (χ3n) is 2.07. The van der Waals surface area contributed by atoms with E-state index in [1.165, 1.54) is 29.2 Å². The molecule has 0 radical (unpaired) electrons. The molecule has 2 aromatic rings. The Balaban J connectivity index is 2.36. The first kappa shape index (κ1) is 13.1. The molecule has 0 saturated carbocycles. The summed E-state index contributed by atoms with van der Waals surface area (Å²) in [5.41, 5.74) is 0.289. The Morgan fingerprint density at radius 2 is 2.06 bits per heavy atom. The normalized spacial score (nSPS) is 11.5. The maximum atomic E-state index is 12.0. The average molecular weight is 307 g/mol. The zero-order valence-corrected chi connectivity index (χ0v) is 11.5. The summed E-state index contributed by atoms with van der Waals surface area (Å²) in [5, 5.41) is -0.0235. The van der Waals surface area contributed by atoms with Crippen LogP contribution in [0.1, 0.15) is 0 Å². The molecule has 0 unspecified atom stereocenters. The van der Waals surface area contributed by atoms with Gasteiger partial charge in [0.15, 0.2) is 0 Å². The van der Waals surface area contributed by atoms with Gasteiger partial charge in [0.2, 0.25) is 5.03 Å². The quantitative estimate of drug-likeness (QED) is 0.879. The predicted molar refractivity (Wildman–Crippen MR) is 68.3 cm³/mol. The maximum Gasteiger partial charge on any atom is 0.282 e. The lowest BCUT2D eigenvalue weighted by Gasteiger charge is -2.06. The van der Waals surface area contributed by atoms with E-state index in [0.717, 1.165) is 0 Å². The van der Waals surface area contributed by atoms with Crippen molar-refractivity contribution < 1.29 is 8.42 Å². The predicted octanol–water partition coefficient (Wildman–Crippen LogP) is 1.92. The average Bonchev–Trinajstić information content (AvgIpc) is 2.59. The zero-order valence-electron chi connectivity index (χ0n) is 9.13. The number of aromatic nitrogens is 3. The van der Waals surface area contributed by atoms with Crippen molar-refractivity contribution in [3.63, 3.8) is 0 Å². The second-order valence-electron chi connectivity index (χ2n) is 3.42. The Morgan fingerprint density at radius 3 is 2.61 bits per heavy atom. The first-order chi connectivity index (χ1) is 8.40. The van der Waals surface area contributed by atoms with E-state index in [4.69, 9.17) is 23.2 Å². The summed E-state index contributed by atoms with van der Waals surface area (Å²) in [4.78, 5) is 7.49. The first-order valence-corrected chi connectivity index (χ1v) is 6.95. The van der Waals surface area contributed by atoms with Crippen molar-refractivity contribution in [3.8, 4) is 0 Å². The van der Waals surface area contributed by atoms with Crippen molar-refractivity contribution in [2.45, 2.75) is 5.03 Å². The molecule has 0 aliphatic heterocycles. The number of anilines is 1. The van der Waals surface area contributed by atoms with Gasteiger partial charge in [-0.3, -0.25) is 4.72 Å². The number of halogens is 2. The van der Waals surface area contributed by atoms with Crippen LogP contribution >= 0.6 is 23.2 Å². The molecule has 96 valence electrons. The van der Waals surface area contributed by atoms with Gasteiger partial charge in [0.25, 0.3) is 10.0 Å². The highest BCUT2D eigenvalue weighted by molar-refractivity contribution is 7.92. The van der Waals surface area contributed by atoms with Crippen LogP contribution in [0.5, 0.6) is 0 Å². The Bertz CT molecular complexity index is 684. The van der Waals surface area contributed by atoms with Crippen molar-refractivity contribution in [3.05, 3.63) is 35.0 Å². The lowest BCUT2D eigenvalue weighted by molar-refractivity contribution is 0.598. The van der Waals surface area contributed by atoms with E-state index in [1.807, 2.05) is 0 Å². The van der Waals surface area contributed by atoms with Crippen molar-refractivity contribution in [1.29, 1.82) is 0 Å². The molecule has 2 heterocycles. The summed E-state index contributed by atoms with van der Waals surface area (Å²) in [6.45, 7) is 0. The van der Waals surface area contributed by atoms with Gasteiger partial charge in [0.05, 0.1) is 12.0 Å². The van der Waals surface area contributed by atoms with E-state index in [0.29, 0.717) is 0 Å². The van der Waals surface area contributed by atoms with Crippen molar-refractivity contribution in [1.82, 2.24) is 14.5 Å². The minimum Gasteiger partial charge on any atom is -0.324 e. The maximum absolute atomic E-state index is 12.0. The van der Waals surface area contributed by atoms with Crippen LogP contribution in [0.25, 0.3) is 0 Å². The van der Waals surface area contributed by atoms with E-state index < -0.39 is 10.0 Å². The zero-order chi connectivity index (χ0) is 13.3. The summed E-state index contributed by atoms with van der Waals surface area (Å²) >= 11 is 11.5. The Labute approximate surface area is 114 Å². The second-order valence-corrected chi connectivity index (χ2v) is 5.77. The highest BCUT2D eigenvalue weighted by Crippen LogP contribution is 2.22. The second kappa shape index (κ2) is 4.75. The fourth-order valence-corrected chi connectivity index (χ4v) is 2.90. The van der Waals surface area contributed by atoms with Gasteiger partial charge in [-0.05, 0) is 12.1 Å². The molecule has 0 aromatic carbocycles. The fraction of sp³-hybridized carbons (Fsp3) is 0.111. The van der Waals surface area contributed by atoms with Gasteiger partial charge in [-0.25, -0.2) is 9.97 Å². The molecule has 18 heavy (non-hydrogen) atoms. The molecule has 0 bridgehead atoms. The third kappa shape index (κ3) is 2.58. The molecule has 0 saturated heterocycles. The fourth-order valence-electron chi connectivity index (χ4n) is 1.24. The van der Waals surface area contributed by atoms with Gasteiger partial charge in [-0.1, -0.05) is 23.2 Å². The van der Waals surface area contributed by atoms with Crippen LogP contribution in [-0.2, 0) is 17.1 Å². The van der Waals surface area contributed by atoms with Crippen LogP contribution < -0.4 is 4.72 Å². The summed E-state index contributed by atoms with van der Waals surface area (Å²) in [7, 11) is -2.25. The van der Waals surface area contributed by atoms with E-state index in [1.54, 1.807) is 7.05 Å². The molecule has 2 aromatic heterocycles. The van der Waals surface area contributed by atoms with Crippen molar-refractivity contribution >= 4 is 38.9 Å². The SMILES string of the molecule is Cn1cnc(S(=O)(=O)Nc2ccnc(Cl)c2)c1Cl. The van der Waals surface area contributed by atoms with Crippen molar-refractivity contribution in [2.75, 3.05) is 4.72 Å². The minimum absolute atomic E-state index is 0.0302. The number of nitrogens with one attached hydrogen (secondary N) is 1. The number of rotatable bonds is 3. The van der Waals surface area contributed by atoms with E-state index in [9.17, 15) is 8.42 Å². The summed E-state index contributed by atoms with van der Waals surface area (Å²) < 4.78 is 27.7. The smallest absolute Gasteiger partial charge is 0.282 e. The van der Waals surface area contributed by atoms with Crippen LogP contribution in [0, 0.1) is 0 Å². The van der Waals surface area contributed by atoms with Gasteiger partial charge in [-0.15, -0.1) is 0 Å². The molecule has 0 aliphatic carbocycles. The highest BCUT2D eigenvalue weighted by Gasteiger charge is 2.22. The number of hydrogen-bond acceptors (Lipinski definition) is 4. The molecular weight excluding hydrogens is 299 g/mol. The van der Waals surface area contributed by atoms with Crippen molar-refractivity contribution in [2.24, 2.45) is 7.05 Å². The third-order valence-corrected chi connectivity index (χ3v) is 4.14. The highest BCUT2D eigenvalue weighted by atomic mass is 35.5. The Hall–Kier alpha value is -1.31. The Kier molecular flexibility index (Phi) is 3.47. The molecule has 0 atom stereocenters.